The first kappa shape index (κ1) is 15.6. The van der Waals surface area contributed by atoms with Crippen LogP contribution in [0.4, 0.5) is 10.9 Å². The number of halogens is 1. The fourth-order valence-corrected chi connectivity index (χ4v) is 3.11. The van der Waals surface area contributed by atoms with Crippen LogP contribution in [-0.2, 0) is 11.2 Å². The number of rotatable bonds is 4. The molecule has 0 bridgehead atoms. The van der Waals surface area contributed by atoms with Crippen LogP contribution in [0.2, 0.25) is 5.02 Å². The van der Waals surface area contributed by atoms with Gasteiger partial charge in [-0.3, -0.25) is 4.79 Å². The van der Waals surface area contributed by atoms with Crippen LogP contribution in [-0.4, -0.2) is 33.2 Å². The summed E-state index contributed by atoms with van der Waals surface area (Å²) in [6, 6.07) is 3.30. The largest absolute Gasteiger partial charge is 0.454 e. The van der Waals surface area contributed by atoms with Crippen LogP contribution in [0.1, 0.15) is 5.56 Å². The monoisotopic (exact) mass is 380 g/mol. The van der Waals surface area contributed by atoms with Gasteiger partial charge >= 0.3 is 0 Å². The molecule has 0 saturated heterocycles. The van der Waals surface area contributed by atoms with E-state index < -0.39 is 0 Å². The highest BCUT2D eigenvalue weighted by Crippen LogP contribution is 2.37. The smallest absolute Gasteiger partial charge is 0.231 e. The molecule has 0 atom stereocenters. The maximum absolute atomic E-state index is 12.2. The summed E-state index contributed by atoms with van der Waals surface area (Å²) in [4.78, 5) is 12.2. The molecule has 0 spiro atoms. The van der Waals surface area contributed by atoms with Gasteiger partial charge in [0.25, 0.3) is 0 Å². The Morgan fingerprint density at radius 3 is 2.84 bits per heavy atom. The Balaban J connectivity index is 1.46. The maximum atomic E-state index is 12.2. The van der Waals surface area contributed by atoms with E-state index in [9.17, 15) is 4.79 Å². The van der Waals surface area contributed by atoms with Gasteiger partial charge in [0, 0.05) is 11.1 Å². The van der Waals surface area contributed by atoms with Crippen molar-refractivity contribution in [3.05, 3.63) is 22.7 Å². The highest BCUT2D eigenvalue weighted by atomic mass is 35.5. The quantitative estimate of drug-likeness (QED) is 0.692. The molecule has 1 aromatic carbocycles. The van der Waals surface area contributed by atoms with Crippen molar-refractivity contribution in [3.8, 4) is 22.2 Å². The summed E-state index contributed by atoms with van der Waals surface area (Å²) in [5.74, 6) is 0.900. The Kier molecular flexibility index (Phi) is 3.86. The number of nitrogens with one attached hydrogen (secondary N) is 1. The van der Waals surface area contributed by atoms with E-state index >= 15 is 0 Å². The third-order valence-corrected chi connectivity index (χ3v) is 4.48. The Hall–Kier alpha value is -2.92. The molecule has 3 aromatic rings. The molecule has 10 nitrogen and oxygen atoms in total. The van der Waals surface area contributed by atoms with Gasteiger partial charge in [-0.25, -0.2) is 4.63 Å². The summed E-state index contributed by atoms with van der Waals surface area (Å²) < 4.78 is 15.0. The van der Waals surface area contributed by atoms with E-state index in [4.69, 9.17) is 26.8 Å². The van der Waals surface area contributed by atoms with Gasteiger partial charge in [0.05, 0.1) is 6.42 Å². The minimum absolute atomic E-state index is 0.0397. The molecule has 3 heterocycles. The fraction of sp³-hybridized carbons (Fsp3) is 0.154. The first-order chi connectivity index (χ1) is 12.1. The number of carbonyl (C=O) groups excluding carboxylic acids is 1. The molecule has 4 rings (SSSR count). The molecule has 0 fully saturated rings. The third kappa shape index (κ3) is 3.06. The molecule has 2 aromatic heterocycles. The molecule has 12 heteroatoms. The zero-order valence-electron chi connectivity index (χ0n) is 12.4. The van der Waals surface area contributed by atoms with Crippen molar-refractivity contribution in [2.24, 2.45) is 0 Å². The van der Waals surface area contributed by atoms with E-state index in [2.05, 4.69) is 30.5 Å². The molecule has 0 unspecified atom stereocenters. The Morgan fingerprint density at radius 2 is 2.08 bits per heavy atom. The van der Waals surface area contributed by atoms with Crippen LogP contribution in [0.15, 0.2) is 16.8 Å². The number of ether oxygens (including phenoxy) is 2. The van der Waals surface area contributed by atoms with Gasteiger partial charge in [0.1, 0.15) is 0 Å². The summed E-state index contributed by atoms with van der Waals surface area (Å²) in [6.45, 7) is 0.134. The fourth-order valence-electron chi connectivity index (χ4n) is 2.14. The summed E-state index contributed by atoms with van der Waals surface area (Å²) in [7, 11) is 0. The number of hydrogen-bond donors (Lipinski definition) is 2. The summed E-state index contributed by atoms with van der Waals surface area (Å²) in [6.07, 6.45) is 0.0397. The van der Waals surface area contributed by atoms with E-state index in [1.54, 1.807) is 12.1 Å². The summed E-state index contributed by atoms with van der Waals surface area (Å²) in [5.41, 5.74) is 6.48. The molecule has 1 aliphatic heterocycles. The topological polar surface area (TPSA) is 138 Å². The van der Waals surface area contributed by atoms with E-state index in [1.165, 1.54) is 0 Å². The lowest BCUT2D eigenvalue weighted by Crippen LogP contribution is -2.14. The Labute approximate surface area is 148 Å². The molecular formula is C13H9ClN6O4S. The standard InChI is InChI=1S/C13H9ClN6O4S/c14-6-3-8-7(22-4-23-8)1-5(6)2-9(21)16-13-18-17-12(25-13)10-11(15)20-24-19-10/h1,3H,2,4H2,(H2,15,20)(H,16,18,21). The number of nitrogens with zero attached hydrogens (tertiary/aromatic N) is 4. The number of nitrogen functional groups attached to an aromatic ring is 1. The van der Waals surface area contributed by atoms with Gasteiger partial charge in [-0.05, 0) is 21.9 Å². The number of carbonyl (C=O) groups is 1. The van der Waals surface area contributed by atoms with E-state index in [1.807, 2.05) is 0 Å². The highest BCUT2D eigenvalue weighted by Gasteiger charge is 2.19. The zero-order chi connectivity index (χ0) is 17.4. The maximum Gasteiger partial charge on any atom is 0.231 e. The van der Waals surface area contributed by atoms with E-state index in [0.29, 0.717) is 32.2 Å². The van der Waals surface area contributed by atoms with Gasteiger partial charge in [-0.2, -0.15) is 0 Å². The Bertz CT molecular complexity index is 958. The van der Waals surface area contributed by atoms with Crippen LogP contribution in [0, 0.1) is 0 Å². The molecule has 0 saturated carbocycles. The first-order valence-electron chi connectivity index (χ1n) is 6.90. The van der Waals surface area contributed by atoms with Crippen LogP contribution in [0.25, 0.3) is 10.7 Å². The van der Waals surface area contributed by atoms with Crippen molar-refractivity contribution in [2.45, 2.75) is 6.42 Å². The normalized spacial score (nSPS) is 12.4. The van der Waals surface area contributed by atoms with Gasteiger partial charge in [0.2, 0.25) is 17.8 Å². The molecule has 25 heavy (non-hydrogen) atoms. The number of hydrogen-bond acceptors (Lipinski definition) is 10. The lowest BCUT2D eigenvalue weighted by molar-refractivity contribution is -0.115. The number of nitrogens with two attached hydrogens (primary N) is 1. The third-order valence-electron chi connectivity index (χ3n) is 3.28. The predicted octanol–water partition coefficient (Wildman–Crippen LogP) is 1.73. The molecule has 0 radical (unpaired) electrons. The molecule has 128 valence electrons. The second-order valence-electron chi connectivity index (χ2n) is 4.93. The van der Waals surface area contributed by atoms with Gasteiger partial charge in [0.15, 0.2) is 28.0 Å². The molecule has 3 N–H and O–H groups in total. The van der Waals surface area contributed by atoms with Crippen molar-refractivity contribution >= 4 is 39.8 Å². The van der Waals surface area contributed by atoms with Crippen molar-refractivity contribution in [3.63, 3.8) is 0 Å². The summed E-state index contributed by atoms with van der Waals surface area (Å²) >= 11 is 7.26. The van der Waals surface area contributed by atoms with Crippen LogP contribution >= 0.6 is 22.9 Å². The minimum atomic E-state index is -0.310. The van der Waals surface area contributed by atoms with Crippen LogP contribution < -0.4 is 20.5 Å². The number of aromatic nitrogens is 4. The second-order valence-corrected chi connectivity index (χ2v) is 6.32. The first-order valence-corrected chi connectivity index (χ1v) is 8.09. The van der Waals surface area contributed by atoms with Crippen LogP contribution in [0.3, 0.4) is 0 Å². The molecular weight excluding hydrogens is 372 g/mol. The van der Waals surface area contributed by atoms with E-state index in [0.717, 1.165) is 11.3 Å². The number of anilines is 2. The van der Waals surface area contributed by atoms with Crippen molar-refractivity contribution in [1.29, 1.82) is 0 Å². The molecule has 1 aliphatic rings. The Morgan fingerprint density at radius 1 is 1.28 bits per heavy atom. The van der Waals surface area contributed by atoms with Crippen molar-refractivity contribution in [2.75, 3.05) is 17.8 Å². The zero-order valence-corrected chi connectivity index (χ0v) is 13.9. The number of fused-ring (bicyclic) bond motifs is 1. The lowest BCUT2D eigenvalue weighted by Gasteiger charge is -2.05. The molecule has 0 aliphatic carbocycles. The SMILES string of the molecule is Nc1nonc1-c1nnc(NC(=O)Cc2cc3c(cc2Cl)OCO3)s1. The highest BCUT2D eigenvalue weighted by molar-refractivity contribution is 7.18. The second kappa shape index (κ2) is 6.18. The van der Waals surface area contributed by atoms with Crippen LogP contribution in [0.5, 0.6) is 11.5 Å². The summed E-state index contributed by atoms with van der Waals surface area (Å²) in [5, 5.41) is 18.6. The van der Waals surface area contributed by atoms with Gasteiger partial charge in [-0.15, -0.1) is 10.2 Å². The number of amides is 1. The number of benzene rings is 1. The van der Waals surface area contributed by atoms with Crippen molar-refractivity contribution in [1.82, 2.24) is 20.5 Å². The minimum Gasteiger partial charge on any atom is -0.454 e. The average Bonchev–Trinajstić information content (AvgIpc) is 3.28. The van der Waals surface area contributed by atoms with E-state index in [-0.39, 0.29) is 30.6 Å². The predicted molar refractivity (Wildman–Crippen MR) is 87.5 cm³/mol. The van der Waals surface area contributed by atoms with Gasteiger partial charge in [-0.1, -0.05) is 22.9 Å². The van der Waals surface area contributed by atoms with Crippen molar-refractivity contribution < 1.29 is 18.9 Å². The van der Waals surface area contributed by atoms with Gasteiger partial charge < -0.3 is 20.5 Å². The average molecular weight is 381 g/mol. The lowest BCUT2D eigenvalue weighted by atomic mass is 10.1. The molecule has 1 amide bonds.